The summed E-state index contributed by atoms with van der Waals surface area (Å²) in [5.74, 6) is -2.26. The van der Waals surface area contributed by atoms with Crippen LogP contribution in [0.3, 0.4) is 0 Å². The second-order valence-electron chi connectivity index (χ2n) is 7.27. The van der Waals surface area contributed by atoms with Gasteiger partial charge in [0, 0.05) is 39.4 Å². The summed E-state index contributed by atoms with van der Waals surface area (Å²) in [4.78, 5) is 6.04. The van der Waals surface area contributed by atoms with Crippen molar-refractivity contribution in [1.29, 1.82) is 0 Å². The average Bonchev–Trinajstić information content (AvgIpc) is 2.87. The molecule has 1 aliphatic rings. The van der Waals surface area contributed by atoms with Crippen LogP contribution in [0.1, 0.15) is 6.42 Å². The number of benzene rings is 2. The Labute approximate surface area is 165 Å². The zero-order valence-corrected chi connectivity index (χ0v) is 17.1. The van der Waals surface area contributed by atoms with Crippen molar-refractivity contribution in [3.63, 3.8) is 0 Å². The van der Waals surface area contributed by atoms with Crippen LogP contribution in [0, 0.1) is 11.6 Å². The second-order valence-corrected chi connectivity index (χ2v) is 9.19. The van der Waals surface area contributed by atoms with Crippen molar-refractivity contribution < 1.29 is 17.2 Å². The number of likely N-dealkylation sites (N-methyl/N-ethyl adjacent to an activating group) is 1. The summed E-state index contributed by atoms with van der Waals surface area (Å²) in [5.41, 5.74) is 1.46. The van der Waals surface area contributed by atoms with Gasteiger partial charge >= 0.3 is 0 Å². The van der Waals surface area contributed by atoms with Crippen molar-refractivity contribution in [1.82, 2.24) is 4.90 Å². The smallest absolute Gasteiger partial charge is 0.208 e. The molecule has 0 unspecified atom stereocenters. The molecule has 0 spiro atoms. The Bertz CT molecular complexity index is 964. The van der Waals surface area contributed by atoms with E-state index in [0.717, 1.165) is 56.5 Å². The predicted octanol–water partition coefficient (Wildman–Crippen LogP) is 3.01. The van der Waals surface area contributed by atoms with Crippen molar-refractivity contribution in [3.05, 3.63) is 48.0 Å². The van der Waals surface area contributed by atoms with Gasteiger partial charge in [-0.15, -0.1) is 0 Å². The van der Waals surface area contributed by atoms with Crippen LogP contribution in [-0.4, -0.2) is 60.6 Å². The summed E-state index contributed by atoms with van der Waals surface area (Å²) in [5, 5.41) is 0. The average molecular weight is 410 g/mol. The number of hydrogen-bond acceptors (Lipinski definition) is 5. The first-order valence-corrected chi connectivity index (χ1v) is 10.6. The lowest BCUT2D eigenvalue weighted by Gasteiger charge is -2.26. The van der Waals surface area contributed by atoms with E-state index in [1.807, 2.05) is 6.07 Å². The maximum atomic E-state index is 13.6. The van der Waals surface area contributed by atoms with Gasteiger partial charge in [-0.05, 0) is 56.4 Å². The second kappa shape index (κ2) is 8.05. The summed E-state index contributed by atoms with van der Waals surface area (Å²) in [6.45, 7) is 3.72. The van der Waals surface area contributed by atoms with Crippen molar-refractivity contribution >= 4 is 21.2 Å². The highest BCUT2D eigenvalue weighted by atomic mass is 32.2. The molecule has 0 saturated carbocycles. The Morgan fingerprint density at radius 1 is 0.929 bits per heavy atom. The van der Waals surface area contributed by atoms with Gasteiger partial charge in [-0.3, -0.25) is 0 Å². The van der Waals surface area contributed by atoms with Crippen LogP contribution in [0.2, 0.25) is 0 Å². The van der Waals surface area contributed by atoms with E-state index in [1.165, 1.54) is 0 Å². The molecule has 0 radical (unpaired) electrons. The lowest BCUT2D eigenvalue weighted by atomic mass is 10.2. The van der Waals surface area contributed by atoms with E-state index < -0.39 is 21.5 Å². The molecule has 1 fully saturated rings. The maximum Gasteiger partial charge on any atom is 0.208 e. The van der Waals surface area contributed by atoms with Crippen molar-refractivity contribution in [3.8, 4) is 0 Å². The molecule has 8 heteroatoms. The van der Waals surface area contributed by atoms with E-state index in [-0.39, 0.29) is 9.79 Å². The van der Waals surface area contributed by atoms with Gasteiger partial charge in [-0.25, -0.2) is 17.2 Å². The van der Waals surface area contributed by atoms with Gasteiger partial charge in [0.25, 0.3) is 0 Å². The minimum absolute atomic E-state index is 0.0687. The topological polar surface area (TPSA) is 43.9 Å². The lowest BCUT2D eigenvalue weighted by Crippen LogP contribution is -2.29. The third-order valence-electron chi connectivity index (χ3n) is 5.00. The minimum atomic E-state index is -3.99. The SMILES string of the molecule is CN1CCCN(c2ccc(S(=O)(=O)c3ccc(F)c(F)c3)c(N(C)C)c2)CC1. The molecule has 0 N–H and O–H groups in total. The third kappa shape index (κ3) is 4.12. The first kappa shape index (κ1) is 20.5. The monoisotopic (exact) mass is 409 g/mol. The molecule has 0 amide bonds. The Hall–Kier alpha value is -2.19. The Morgan fingerprint density at radius 3 is 2.36 bits per heavy atom. The molecule has 1 aliphatic heterocycles. The van der Waals surface area contributed by atoms with Crippen LogP contribution in [-0.2, 0) is 9.84 Å². The Morgan fingerprint density at radius 2 is 1.68 bits per heavy atom. The number of rotatable bonds is 4. The van der Waals surface area contributed by atoms with Gasteiger partial charge in [0.15, 0.2) is 11.6 Å². The lowest BCUT2D eigenvalue weighted by molar-refractivity contribution is 0.360. The standard InChI is InChI=1S/C20H25F2N3O2S/c1-23(2)19-13-15(25-10-4-9-24(3)11-12-25)5-8-20(19)28(26,27)16-6-7-17(21)18(22)14-16/h5-8,13-14H,4,9-12H2,1-3H3. The molecular formula is C20H25F2N3O2S. The van der Waals surface area contributed by atoms with Crippen LogP contribution in [0.25, 0.3) is 0 Å². The molecular weight excluding hydrogens is 384 g/mol. The van der Waals surface area contributed by atoms with Gasteiger partial charge in [-0.2, -0.15) is 0 Å². The van der Waals surface area contributed by atoms with Crippen LogP contribution in [0.5, 0.6) is 0 Å². The highest BCUT2D eigenvalue weighted by Crippen LogP contribution is 2.33. The molecule has 152 valence electrons. The van der Waals surface area contributed by atoms with Gasteiger partial charge in [0.05, 0.1) is 15.5 Å². The highest BCUT2D eigenvalue weighted by Gasteiger charge is 2.25. The van der Waals surface area contributed by atoms with Crippen LogP contribution >= 0.6 is 0 Å². The number of nitrogens with zero attached hydrogens (tertiary/aromatic N) is 3. The summed E-state index contributed by atoms with van der Waals surface area (Å²) in [6, 6.07) is 7.83. The summed E-state index contributed by atoms with van der Waals surface area (Å²) < 4.78 is 53.0. The van der Waals surface area contributed by atoms with Gasteiger partial charge in [0.1, 0.15) is 0 Å². The van der Waals surface area contributed by atoms with Crippen molar-refractivity contribution in [2.24, 2.45) is 0 Å². The highest BCUT2D eigenvalue weighted by molar-refractivity contribution is 7.91. The summed E-state index contributed by atoms with van der Waals surface area (Å²) in [6.07, 6.45) is 1.03. The van der Waals surface area contributed by atoms with Gasteiger partial charge in [0.2, 0.25) is 9.84 Å². The Kier molecular flexibility index (Phi) is 5.90. The molecule has 0 aromatic heterocycles. The fourth-order valence-corrected chi connectivity index (χ4v) is 4.88. The van der Waals surface area contributed by atoms with Crippen LogP contribution in [0.15, 0.2) is 46.2 Å². The molecule has 28 heavy (non-hydrogen) atoms. The van der Waals surface area contributed by atoms with E-state index in [0.29, 0.717) is 5.69 Å². The van der Waals surface area contributed by atoms with E-state index in [4.69, 9.17) is 0 Å². The largest absolute Gasteiger partial charge is 0.377 e. The molecule has 0 atom stereocenters. The number of anilines is 2. The molecule has 3 rings (SSSR count). The van der Waals surface area contributed by atoms with E-state index in [2.05, 4.69) is 16.8 Å². The molecule has 0 aliphatic carbocycles. The zero-order valence-electron chi connectivity index (χ0n) is 16.3. The van der Waals surface area contributed by atoms with Crippen LogP contribution < -0.4 is 9.80 Å². The van der Waals surface area contributed by atoms with E-state index >= 15 is 0 Å². The minimum Gasteiger partial charge on any atom is -0.377 e. The maximum absolute atomic E-state index is 13.6. The van der Waals surface area contributed by atoms with E-state index in [1.54, 1.807) is 31.1 Å². The normalized spacial score (nSPS) is 16.1. The molecule has 2 aromatic carbocycles. The fraction of sp³-hybridized carbons (Fsp3) is 0.400. The Balaban J connectivity index is 2.02. The zero-order chi connectivity index (χ0) is 20.5. The molecule has 0 bridgehead atoms. The quantitative estimate of drug-likeness (QED) is 0.727. The molecule has 2 aromatic rings. The number of hydrogen-bond donors (Lipinski definition) is 0. The van der Waals surface area contributed by atoms with Crippen LogP contribution in [0.4, 0.5) is 20.2 Å². The van der Waals surface area contributed by atoms with Gasteiger partial charge in [-0.1, -0.05) is 0 Å². The third-order valence-corrected chi connectivity index (χ3v) is 6.80. The van der Waals surface area contributed by atoms with Crippen molar-refractivity contribution in [2.75, 3.05) is 57.1 Å². The van der Waals surface area contributed by atoms with E-state index in [9.17, 15) is 17.2 Å². The van der Waals surface area contributed by atoms with Gasteiger partial charge < -0.3 is 14.7 Å². The first-order valence-electron chi connectivity index (χ1n) is 9.15. The summed E-state index contributed by atoms with van der Waals surface area (Å²) >= 11 is 0. The number of sulfone groups is 1. The predicted molar refractivity (Wildman–Crippen MR) is 107 cm³/mol. The fourth-order valence-electron chi connectivity index (χ4n) is 3.35. The molecule has 1 saturated heterocycles. The van der Waals surface area contributed by atoms with Crippen molar-refractivity contribution in [2.45, 2.75) is 16.2 Å². The molecule has 5 nitrogen and oxygen atoms in total. The first-order chi connectivity index (χ1) is 13.2. The number of halogens is 2. The molecule has 1 heterocycles. The summed E-state index contributed by atoms with van der Waals surface area (Å²) in [7, 11) is 1.62.